The number of carbonyl (C=O) groups is 1. The summed E-state index contributed by atoms with van der Waals surface area (Å²) in [5.74, 6) is 0.129. The number of aryl methyl sites for hydroxylation is 1. The summed E-state index contributed by atoms with van der Waals surface area (Å²) in [4.78, 5) is 18.0. The van der Waals surface area contributed by atoms with Gasteiger partial charge in [-0.1, -0.05) is 12.1 Å². The zero-order valence-electron chi connectivity index (χ0n) is 11.6. The number of amides is 1. The van der Waals surface area contributed by atoms with Gasteiger partial charge < -0.3 is 4.90 Å². The highest BCUT2D eigenvalue weighted by Crippen LogP contribution is 2.23. The molecule has 0 radical (unpaired) electrons. The van der Waals surface area contributed by atoms with Crippen molar-refractivity contribution in [2.75, 3.05) is 0 Å². The molecule has 3 aromatic rings. The van der Waals surface area contributed by atoms with Crippen LogP contribution in [0.5, 0.6) is 0 Å². The van der Waals surface area contributed by atoms with E-state index in [-0.39, 0.29) is 5.91 Å². The Hall–Kier alpha value is -1.43. The lowest BCUT2D eigenvalue weighted by atomic mass is 10.2. The molecule has 3 rings (SSSR count). The van der Waals surface area contributed by atoms with Crippen molar-refractivity contribution < 1.29 is 4.79 Å². The maximum Gasteiger partial charge on any atom is 0.264 e. The van der Waals surface area contributed by atoms with Gasteiger partial charge in [0.15, 0.2) is 0 Å². The summed E-state index contributed by atoms with van der Waals surface area (Å²) in [5.41, 5.74) is 1.06. The van der Waals surface area contributed by atoms with Gasteiger partial charge in [0.25, 0.3) is 5.91 Å². The Morgan fingerprint density at radius 3 is 2.00 bits per heavy atom. The second-order valence-electron chi connectivity index (χ2n) is 4.75. The van der Waals surface area contributed by atoms with E-state index in [1.807, 2.05) is 35.4 Å². The van der Waals surface area contributed by atoms with E-state index in [2.05, 4.69) is 22.9 Å². The standard InChI is InChI=1S/C16H15NOS3/c1-12-6-9-21-15(12)16(18)17(10-13-4-2-7-19-13)11-14-5-3-8-20-14/h2-9H,10-11H2,1H3. The molecule has 0 atom stereocenters. The van der Waals surface area contributed by atoms with Crippen molar-refractivity contribution in [3.8, 4) is 0 Å². The van der Waals surface area contributed by atoms with E-state index in [0.29, 0.717) is 13.1 Å². The van der Waals surface area contributed by atoms with E-state index in [1.165, 1.54) is 21.1 Å². The van der Waals surface area contributed by atoms with Crippen LogP contribution in [0.2, 0.25) is 0 Å². The van der Waals surface area contributed by atoms with Gasteiger partial charge in [-0.25, -0.2) is 0 Å². The molecule has 0 aliphatic heterocycles. The molecule has 5 heteroatoms. The quantitative estimate of drug-likeness (QED) is 0.642. The van der Waals surface area contributed by atoms with Crippen molar-refractivity contribution in [2.24, 2.45) is 0 Å². The number of thiophene rings is 3. The highest BCUT2D eigenvalue weighted by atomic mass is 32.1. The number of hydrogen-bond donors (Lipinski definition) is 0. The van der Waals surface area contributed by atoms with Crippen molar-refractivity contribution in [1.82, 2.24) is 4.90 Å². The fraction of sp³-hybridized carbons (Fsp3) is 0.188. The maximum absolute atomic E-state index is 12.8. The first kappa shape index (κ1) is 14.5. The summed E-state index contributed by atoms with van der Waals surface area (Å²) in [6.07, 6.45) is 0. The predicted octanol–water partition coefficient (Wildman–Crippen LogP) is 5.02. The largest absolute Gasteiger partial charge is 0.328 e. The van der Waals surface area contributed by atoms with Gasteiger partial charge >= 0.3 is 0 Å². The Kier molecular flexibility index (Phi) is 4.53. The number of rotatable bonds is 5. The van der Waals surface area contributed by atoms with Gasteiger partial charge in [0.1, 0.15) is 0 Å². The zero-order chi connectivity index (χ0) is 14.7. The third kappa shape index (κ3) is 3.43. The van der Waals surface area contributed by atoms with Gasteiger partial charge in [0.05, 0.1) is 18.0 Å². The van der Waals surface area contributed by atoms with Crippen LogP contribution in [0.15, 0.2) is 46.5 Å². The highest BCUT2D eigenvalue weighted by molar-refractivity contribution is 7.12. The fourth-order valence-corrected chi connectivity index (χ4v) is 4.45. The molecular weight excluding hydrogens is 318 g/mol. The summed E-state index contributed by atoms with van der Waals surface area (Å²) >= 11 is 4.92. The number of nitrogens with zero attached hydrogens (tertiary/aromatic N) is 1. The number of hydrogen-bond acceptors (Lipinski definition) is 4. The lowest BCUT2D eigenvalue weighted by molar-refractivity contribution is 0.0738. The van der Waals surface area contributed by atoms with E-state index in [9.17, 15) is 4.79 Å². The van der Waals surface area contributed by atoms with Crippen LogP contribution in [0.1, 0.15) is 25.0 Å². The predicted molar refractivity (Wildman–Crippen MR) is 91.3 cm³/mol. The molecule has 0 saturated heterocycles. The SMILES string of the molecule is Cc1ccsc1C(=O)N(Cc1cccs1)Cc1cccs1. The fourth-order valence-electron chi connectivity index (χ4n) is 2.12. The minimum absolute atomic E-state index is 0.129. The van der Waals surface area contributed by atoms with Crippen molar-refractivity contribution in [1.29, 1.82) is 0 Å². The van der Waals surface area contributed by atoms with Crippen LogP contribution in [0.4, 0.5) is 0 Å². The monoisotopic (exact) mass is 333 g/mol. The van der Waals surface area contributed by atoms with Gasteiger partial charge in [-0.05, 0) is 46.8 Å². The topological polar surface area (TPSA) is 20.3 Å². The van der Waals surface area contributed by atoms with Crippen LogP contribution >= 0.6 is 34.0 Å². The molecule has 0 aliphatic carbocycles. The Morgan fingerprint density at radius 1 is 0.952 bits per heavy atom. The molecule has 0 unspecified atom stereocenters. The average Bonchev–Trinajstić information content (AvgIpc) is 3.19. The molecule has 0 aliphatic rings. The van der Waals surface area contributed by atoms with Crippen molar-refractivity contribution in [3.63, 3.8) is 0 Å². The zero-order valence-corrected chi connectivity index (χ0v) is 14.1. The minimum Gasteiger partial charge on any atom is -0.328 e. The Morgan fingerprint density at radius 2 is 1.57 bits per heavy atom. The summed E-state index contributed by atoms with van der Waals surface area (Å²) in [6.45, 7) is 3.34. The lowest BCUT2D eigenvalue weighted by Gasteiger charge is -2.21. The first-order valence-electron chi connectivity index (χ1n) is 6.62. The lowest BCUT2D eigenvalue weighted by Crippen LogP contribution is -2.29. The van der Waals surface area contributed by atoms with E-state index in [4.69, 9.17) is 0 Å². The van der Waals surface area contributed by atoms with Gasteiger partial charge in [0.2, 0.25) is 0 Å². The molecule has 0 fully saturated rings. The van der Waals surface area contributed by atoms with Crippen LogP contribution < -0.4 is 0 Å². The molecule has 3 aromatic heterocycles. The molecule has 0 bridgehead atoms. The first-order chi connectivity index (χ1) is 10.2. The second kappa shape index (κ2) is 6.56. The summed E-state index contributed by atoms with van der Waals surface area (Å²) < 4.78 is 0. The third-order valence-corrected chi connectivity index (χ3v) is 5.92. The van der Waals surface area contributed by atoms with E-state index >= 15 is 0 Å². The molecular formula is C16H15NOS3. The van der Waals surface area contributed by atoms with Gasteiger partial charge in [-0.2, -0.15) is 0 Å². The maximum atomic E-state index is 12.8. The Balaban J connectivity index is 1.84. The van der Waals surface area contributed by atoms with Crippen LogP contribution in [-0.2, 0) is 13.1 Å². The molecule has 3 heterocycles. The van der Waals surface area contributed by atoms with Crippen LogP contribution in [-0.4, -0.2) is 10.8 Å². The minimum atomic E-state index is 0.129. The molecule has 108 valence electrons. The summed E-state index contributed by atoms with van der Waals surface area (Å²) in [7, 11) is 0. The van der Waals surface area contributed by atoms with Crippen molar-refractivity contribution >= 4 is 39.9 Å². The van der Waals surface area contributed by atoms with Gasteiger partial charge in [-0.3, -0.25) is 4.79 Å². The average molecular weight is 334 g/mol. The van der Waals surface area contributed by atoms with Crippen LogP contribution in [0.3, 0.4) is 0 Å². The van der Waals surface area contributed by atoms with E-state index in [0.717, 1.165) is 10.4 Å². The summed E-state index contributed by atoms with van der Waals surface area (Å²) in [5, 5.41) is 6.09. The Bertz CT molecular complexity index is 662. The van der Waals surface area contributed by atoms with Gasteiger partial charge in [0, 0.05) is 9.75 Å². The summed E-state index contributed by atoms with van der Waals surface area (Å²) in [6, 6.07) is 10.2. The Labute approximate surface area is 136 Å². The molecule has 2 nitrogen and oxygen atoms in total. The van der Waals surface area contributed by atoms with Crippen LogP contribution in [0, 0.1) is 6.92 Å². The molecule has 0 aromatic carbocycles. The van der Waals surface area contributed by atoms with Gasteiger partial charge in [-0.15, -0.1) is 34.0 Å². The number of carbonyl (C=O) groups excluding carboxylic acids is 1. The highest BCUT2D eigenvalue weighted by Gasteiger charge is 2.20. The van der Waals surface area contributed by atoms with Crippen molar-refractivity contribution in [2.45, 2.75) is 20.0 Å². The molecule has 21 heavy (non-hydrogen) atoms. The van der Waals surface area contributed by atoms with Crippen LogP contribution in [0.25, 0.3) is 0 Å². The third-order valence-electron chi connectivity index (χ3n) is 3.20. The first-order valence-corrected chi connectivity index (χ1v) is 9.26. The molecule has 0 N–H and O–H groups in total. The second-order valence-corrected chi connectivity index (χ2v) is 7.73. The molecule has 0 saturated carbocycles. The normalized spacial score (nSPS) is 10.7. The smallest absolute Gasteiger partial charge is 0.264 e. The van der Waals surface area contributed by atoms with Crippen molar-refractivity contribution in [3.05, 3.63) is 66.7 Å². The van der Waals surface area contributed by atoms with E-state index in [1.54, 1.807) is 22.7 Å². The molecule has 0 spiro atoms. The van der Waals surface area contributed by atoms with E-state index < -0.39 is 0 Å². The molecule has 1 amide bonds.